The molecule has 2 aromatic rings. The first-order chi connectivity index (χ1) is 20.2. The Labute approximate surface area is 253 Å². The van der Waals surface area contributed by atoms with Gasteiger partial charge in [0.15, 0.2) is 0 Å². The SMILES string of the molecule is O=C1NS(=O)(=O)[C@@H]2CCC[C@H]2C/C=C/[C@H](O)[C@@H]2CC[C@H]2CN2C[C@@]3(CCCc4cc(Cl)ccc43)COc3ccc1cc32. The molecule has 3 aliphatic carbocycles. The van der Waals surface area contributed by atoms with Gasteiger partial charge in [0, 0.05) is 29.1 Å². The van der Waals surface area contributed by atoms with Crippen LogP contribution in [0.4, 0.5) is 5.69 Å². The summed E-state index contributed by atoms with van der Waals surface area (Å²) in [6.07, 6.45) is 11.0. The summed E-state index contributed by atoms with van der Waals surface area (Å²) in [7, 11) is -3.86. The highest BCUT2D eigenvalue weighted by Gasteiger charge is 2.44. The lowest BCUT2D eigenvalue weighted by Gasteiger charge is -2.45. The molecule has 0 saturated heterocycles. The Kier molecular flexibility index (Phi) is 7.30. The number of anilines is 1. The fraction of sp³-hybridized carbons (Fsp3) is 0.545. The van der Waals surface area contributed by atoms with E-state index >= 15 is 0 Å². The van der Waals surface area contributed by atoms with Crippen LogP contribution >= 0.6 is 11.6 Å². The number of ether oxygens (including phenoxy) is 1. The van der Waals surface area contributed by atoms with E-state index in [2.05, 4.69) is 21.8 Å². The van der Waals surface area contributed by atoms with Gasteiger partial charge in [-0.2, -0.15) is 0 Å². The molecule has 2 heterocycles. The predicted octanol–water partition coefficient (Wildman–Crippen LogP) is 5.39. The summed E-state index contributed by atoms with van der Waals surface area (Å²) in [6.45, 7) is 1.94. The number of nitrogens with one attached hydrogen (secondary N) is 1. The van der Waals surface area contributed by atoms with Gasteiger partial charge in [0.2, 0.25) is 10.0 Å². The number of rotatable bonds is 0. The van der Waals surface area contributed by atoms with Crippen LogP contribution in [-0.4, -0.2) is 50.5 Å². The third-order valence-electron chi connectivity index (χ3n) is 10.7. The van der Waals surface area contributed by atoms with Crippen LogP contribution in [0, 0.1) is 17.8 Å². The van der Waals surface area contributed by atoms with Crippen LogP contribution in [-0.2, 0) is 21.9 Å². The van der Waals surface area contributed by atoms with Gasteiger partial charge in [0.1, 0.15) is 5.75 Å². The van der Waals surface area contributed by atoms with Crippen molar-refractivity contribution in [1.82, 2.24) is 4.72 Å². The number of hydrogen-bond acceptors (Lipinski definition) is 6. The molecule has 224 valence electrons. The number of benzene rings is 2. The normalized spacial score (nSPS) is 34.6. The molecule has 1 spiro atoms. The molecule has 2 bridgehead atoms. The van der Waals surface area contributed by atoms with E-state index in [0.29, 0.717) is 43.2 Å². The summed E-state index contributed by atoms with van der Waals surface area (Å²) >= 11 is 6.39. The zero-order valence-corrected chi connectivity index (χ0v) is 25.4. The van der Waals surface area contributed by atoms with Gasteiger partial charge < -0.3 is 14.7 Å². The van der Waals surface area contributed by atoms with Crippen LogP contribution < -0.4 is 14.4 Å². The van der Waals surface area contributed by atoms with Gasteiger partial charge in [0.05, 0.1) is 23.6 Å². The van der Waals surface area contributed by atoms with Crippen LogP contribution in [0.25, 0.3) is 0 Å². The molecular formula is C33H39ClN2O5S. The smallest absolute Gasteiger partial charge is 0.264 e. The van der Waals surface area contributed by atoms with Crippen LogP contribution in [0.1, 0.15) is 72.9 Å². The van der Waals surface area contributed by atoms with Crippen LogP contribution in [0.15, 0.2) is 48.6 Å². The predicted molar refractivity (Wildman–Crippen MR) is 164 cm³/mol. The molecule has 7 nitrogen and oxygen atoms in total. The van der Waals surface area contributed by atoms with Gasteiger partial charge in [0.25, 0.3) is 5.91 Å². The molecule has 2 fully saturated rings. The Balaban J connectivity index is 1.29. The summed E-state index contributed by atoms with van der Waals surface area (Å²) in [4.78, 5) is 15.8. The molecule has 5 aliphatic rings. The number of allylic oxidation sites excluding steroid dienone is 1. The van der Waals surface area contributed by atoms with E-state index in [0.717, 1.165) is 62.2 Å². The van der Waals surface area contributed by atoms with Crippen molar-refractivity contribution in [2.75, 3.05) is 24.6 Å². The first-order valence-electron chi connectivity index (χ1n) is 15.4. The average molecular weight is 611 g/mol. The fourth-order valence-electron chi connectivity index (χ4n) is 8.29. The van der Waals surface area contributed by atoms with Gasteiger partial charge in [-0.15, -0.1) is 0 Å². The van der Waals surface area contributed by atoms with Crippen LogP contribution in [0.2, 0.25) is 5.02 Å². The first kappa shape index (κ1) is 28.2. The Morgan fingerprint density at radius 1 is 1.05 bits per heavy atom. The van der Waals surface area contributed by atoms with Crippen molar-refractivity contribution in [2.24, 2.45) is 17.8 Å². The van der Waals surface area contributed by atoms with Gasteiger partial charge in [-0.05, 0) is 111 Å². The average Bonchev–Trinajstić information content (AvgIpc) is 3.37. The van der Waals surface area contributed by atoms with Crippen LogP contribution in [0.3, 0.4) is 0 Å². The second-order valence-corrected chi connectivity index (χ2v) is 15.5. The number of aliphatic hydroxyl groups excluding tert-OH is 1. The zero-order chi connectivity index (χ0) is 29.1. The van der Waals surface area contributed by atoms with Gasteiger partial charge >= 0.3 is 0 Å². The quantitative estimate of drug-likeness (QED) is 0.389. The first-order valence-corrected chi connectivity index (χ1v) is 17.4. The maximum Gasteiger partial charge on any atom is 0.264 e. The lowest BCUT2D eigenvalue weighted by Crippen LogP contribution is -2.49. The zero-order valence-electron chi connectivity index (χ0n) is 23.8. The van der Waals surface area contributed by atoms with E-state index in [4.69, 9.17) is 16.3 Å². The maximum absolute atomic E-state index is 13.4. The molecule has 0 radical (unpaired) electrons. The highest BCUT2D eigenvalue weighted by molar-refractivity contribution is 7.90. The van der Waals surface area contributed by atoms with Crippen molar-refractivity contribution < 1.29 is 23.1 Å². The van der Waals surface area contributed by atoms with Crippen molar-refractivity contribution >= 4 is 33.2 Å². The topological polar surface area (TPSA) is 95.9 Å². The Hall–Kier alpha value is -2.55. The molecule has 0 unspecified atom stereocenters. The summed E-state index contributed by atoms with van der Waals surface area (Å²) in [6, 6.07) is 11.5. The number of hydrogen-bond donors (Lipinski definition) is 2. The molecule has 2 aliphatic heterocycles. The number of sulfonamides is 1. The van der Waals surface area contributed by atoms with Gasteiger partial charge in [-0.3, -0.25) is 4.79 Å². The number of nitrogens with zero attached hydrogens (tertiary/aromatic N) is 1. The van der Waals surface area contributed by atoms with E-state index in [1.807, 2.05) is 24.3 Å². The third kappa shape index (κ3) is 5.03. The third-order valence-corrected chi connectivity index (χ3v) is 12.8. The number of fused-ring (bicyclic) bond motifs is 5. The minimum atomic E-state index is -3.86. The summed E-state index contributed by atoms with van der Waals surface area (Å²) in [5.41, 5.74) is 3.39. The number of halogens is 1. The molecule has 9 heteroatoms. The molecule has 1 amide bonds. The van der Waals surface area contributed by atoms with Crippen molar-refractivity contribution in [1.29, 1.82) is 0 Å². The highest BCUT2D eigenvalue weighted by atomic mass is 35.5. The Morgan fingerprint density at radius 3 is 2.76 bits per heavy atom. The maximum atomic E-state index is 13.4. The number of carbonyl (C=O) groups excluding carboxylic acids is 1. The van der Waals surface area contributed by atoms with E-state index in [1.54, 1.807) is 12.1 Å². The van der Waals surface area contributed by atoms with E-state index in [1.165, 1.54) is 11.1 Å². The fourth-order valence-corrected chi connectivity index (χ4v) is 10.2. The number of aryl methyl sites for hydroxylation is 1. The highest BCUT2D eigenvalue weighted by Crippen LogP contribution is 2.47. The molecule has 0 aromatic heterocycles. The molecule has 6 atom stereocenters. The van der Waals surface area contributed by atoms with Gasteiger partial charge in [-0.25, -0.2) is 13.1 Å². The van der Waals surface area contributed by atoms with Crippen molar-refractivity contribution in [2.45, 2.75) is 74.6 Å². The lowest BCUT2D eigenvalue weighted by atomic mass is 9.68. The van der Waals surface area contributed by atoms with E-state index in [-0.39, 0.29) is 17.3 Å². The Bertz CT molecular complexity index is 1530. The summed E-state index contributed by atoms with van der Waals surface area (Å²) in [5, 5.41) is 11.3. The van der Waals surface area contributed by atoms with Crippen molar-refractivity contribution in [3.8, 4) is 5.75 Å². The van der Waals surface area contributed by atoms with Crippen molar-refractivity contribution in [3.63, 3.8) is 0 Å². The molecule has 42 heavy (non-hydrogen) atoms. The van der Waals surface area contributed by atoms with Crippen molar-refractivity contribution in [3.05, 3.63) is 70.3 Å². The molecular weight excluding hydrogens is 572 g/mol. The van der Waals surface area contributed by atoms with E-state index < -0.39 is 27.3 Å². The summed E-state index contributed by atoms with van der Waals surface area (Å²) < 4.78 is 35.7. The van der Waals surface area contributed by atoms with Crippen LogP contribution in [0.5, 0.6) is 5.75 Å². The standard InChI is InChI=1S/C33H39ClN2O5S/c34-25-11-13-27-22(16-25)6-3-15-33(27)19-36-18-24-9-12-26(24)29(37)7-1-4-21-5-2-8-31(21)42(39,40)35-32(38)23-10-14-30(41-20-33)28(36)17-23/h1,7,10-11,13-14,16-17,21,24,26,29,31,37H,2-6,8-9,12,15,18-20H2,(H,35,38)/b7-1+/t21-,24+,26-,29+,31-,33+/m1/s1. The largest absolute Gasteiger partial charge is 0.490 e. The Morgan fingerprint density at radius 2 is 1.93 bits per heavy atom. The second kappa shape index (κ2) is 10.9. The number of amides is 1. The van der Waals surface area contributed by atoms with Gasteiger partial charge in [-0.1, -0.05) is 36.2 Å². The molecule has 7 rings (SSSR count). The number of aliphatic hydroxyl groups is 1. The van der Waals surface area contributed by atoms with E-state index in [9.17, 15) is 18.3 Å². The summed E-state index contributed by atoms with van der Waals surface area (Å²) in [5.74, 6) is 0.472. The molecule has 2 N–H and O–H groups in total. The molecule has 2 saturated carbocycles. The monoisotopic (exact) mass is 610 g/mol. The lowest BCUT2D eigenvalue weighted by molar-refractivity contribution is 0.0455. The second-order valence-electron chi connectivity index (χ2n) is 13.1. The number of carbonyl (C=O) groups is 1. The molecule has 2 aromatic carbocycles. The minimum absolute atomic E-state index is 0.0655. The minimum Gasteiger partial charge on any atom is -0.490 e.